The molecule has 0 aromatic heterocycles. The van der Waals surface area contributed by atoms with Gasteiger partial charge in [-0.25, -0.2) is 12.8 Å². The molecule has 0 radical (unpaired) electrons. The van der Waals surface area contributed by atoms with Crippen molar-refractivity contribution in [1.29, 1.82) is 0 Å². The molecule has 2 aromatic carbocycles. The third-order valence-corrected chi connectivity index (χ3v) is 5.62. The second-order valence-electron chi connectivity index (χ2n) is 5.14. The monoisotopic (exact) mass is 335 g/mol. The maximum Gasteiger partial charge on any atom is 0.238 e. The highest BCUT2D eigenvalue weighted by Gasteiger charge is 2.31. The van der Waals surface area contributed by atoms with Crippen LogP contribution in [0.1, 0.15) is 12.5 Å². The van der Waals surface area contributed by atoms with Gasteiger partial charge in [-0.3, -0.25) is 4.79 Å². The Morgan fingerprint density at radius 2 is 1.70 bits per heavy atom. The minimum absolute atomic E-state index is 0.319. The Bertz CT molecular complexity index is 775. The molecule has 0 aliphatic carbocycles. The van der Waals surface area contributed by atoms with Crippen LogP contribution in [0.5, 0.6) is 0 Å². The Morgan fingerprint density at radius 3 is 2.35 bits per heavy atom. The molecule has 6 heteroatoms. The van der Waals surface area contributed by atoms with Crippen molar-refractivity contribution in [3.63, 3.8) is 0 Å². The highest BCUT2D eigenvalue weighted by atomic mass is 32.2. The van der Waals surface area contributed by atoms with Crippen LogP contribution in [0.4, 0.5) is 4.39 Å². The van der Waals surface area contributed by atoms with E-state index in [1.165, 1.54) is 25.1 Å². The number of benzene rings is 2. The summed E-state index contributed by atoms with van der Waals surface area (Å²) in [5, 5.41) is 1.23. The van der Waals surface area contributed by atoms with E-state index in [0.29, 0.717) is 13.0 Å². The first kappa shape index (κ1) is 17.1. The van der Waals surface area contributed by atoms with Crippen LogP contribution in [0.25, 0.3) is 0 Å². The molecule has 23 heavy (non-hydrogen) atoms. The Morgan fingerprint density at radius 1 is 1.09 bits per heavy atom. The lowest BCUT2D eigenvalue weighted by atomic mass is 10.1. The topological polar surface area (TPSA) is 63.2 Å². The second kappa shape index (κ2) is 7.37. The summed E-state index contributed by atoms with van der Waals surface area (Å²) < 4.78 is 38.3. The van der Waals surface area contributed by atoms with Crippen LogP contribution in [0.15, 0.2) is 59.5 Å². The van der Waals surface area contributed by atoms with Crippen LogP contribution in [0.2, 0.25) is 0 Å². The molecule has 1 N–H and O–H groups in total. The lowest BCUT2D eigenvalue weighted by Crippen LogP contribution is -2.39. The van der Waals surface area contributed by atoms with Gasteiger partial charge in [0.2, 0.25) is 5.91 Å². The molecule has 0 spiro atoms. The Kier molecular flexibility index (Phi) is 5.50. The second-order valence-corrected chi connectivity index (χ2v) is 7.38. The first-order valence-corrected chi connectivity index (χ1v) is 8.77. The van der Waals surface area contributed by atoms with Crippen molar-refractivity contribution >= 4 is 15.7 Å². The third-order valence-electron chi connectivity index (χ3n) is 3.53. The SMILES string of the molecule is CC(C(=O)NCCc1ccccc1)S(=O)(=O)c1ccccc1F. The summed E-state index contributed by atoms with van der Waals surface area (Å²) >= 11 is 0. The standard InChI is InChI=1S/C17H18FNO3S/c1-13(23(21,22)16-10-6-5-9-15(16)18)17(20)19-12-11-14-7-3-2-4-8-14/h2-10,13H,11-12H2,1H3,(H,19,20). The zero-order valence-electron chi connectivity index (χ0n) is 12.7. The highest BCUT2D eigenvalue weighted by Crippen LogP contribution is 2.19. The van der Waals surface area contributed by atoms with Gasteiger partial charge in [-0.2, -0.15) is 0 Å². The third kappa shape index (κ3) is 4.16. The van der Waals surface area contributed by atoms with Crippen LogP contribution in [-0.4, -0.2) is 26.1 Å². The van der Waals surface area contributed by atoms with Gasteiger partial charge in [-0.05, 0) is 31.0 Å². The molecule has 1 atom stereocenters. The molecule has 0 heterocycles. The Balaban J connectivity index is 2.00. The number of hydrogen-bond donors (Lipinski definition) is 1. The largest absolute Gasteiger partial charge is 0.355 e. The van der Waals surface area contributed by atoms with E-state index < -0.39 is 31.7 Å². The minimum Gasteiger partial charge on any atom is -0.355 e. The summed E-state index contributed by atoms with van der Waals surface area (Å²) in [7, 11) is -4.05. The van der Waals surface area contributed by atoms with Crippen LogP contribution in [0, 0.1) is 5.82 Å². The fourth-order valence-corrected chi connectivity index (χ4v) is 3.48. The fourth-order valence-electron chi connectivity index (χ4n) is 2.13. The molecular weight excluding hydrogens is 317 g/mol. The van der Waals surface area contributed by atoms with Gasteiger partial charge < -0.3 is 5.32 Å². The van der Waals surface area contributed by atoms with E-state index in [1.54, 1.807) is 0 Å². The number of carbonyl (C=O) groups is 1. The van der Waals surface area contributed by atoms with Gasteiger partial charge in [0, 0.05) is 6.54 Å². The van der Waals surface area contributed by atoms with E-state index in [-0.39, 0.29) is 0 Å². The van der Waals surface area contributed by atoms with Crippen molar-refractivity contribution in [3.05, 3.63) is 66.0 Å². The molecule has 0 bridgehead atoms. The minimum atomic E-state index is -4.05. The predicted molar refractivity (Wildman–Crippen MR) is 86.2 cm³/mol. The van der Waals surface area contributed by atoms with Gasteiger partial charge in [0.05, 0.1) is 0 Å². The van der Waals surface area contributed by atoms with Crippen LogP contribution in [-0.2, 0) is 21.1 Å². The van der Waals surface area contributed by atoms with E-state index in [1.807, 2.05) is 30.3 Å². The van der Waals surface area contributed by atoms with Crippen molar-refractivity contribution in [2.24, 2.45) is 0 Å². The molecule has 4 nitrogen and oxygen atoms in total. The highest BCUT2D eigenvalue weighted by molar-refractivity contribution is 7.92. The number of hydrogen-bond acceptors (Lipinski definition) is 3. The molecular formula is C17H18FNO3S. The zero-order valence-corrected chi connectivity index (χ0v) is 13.5. The molecule has 0 aliphatic rings. The molecule has 1 unspecified atom stereocenters. The number of sulfone groups is 1. The molecule has 1 amide bonds. The first-order chi connectivity index (χ1) is 10.9. The van der Waals surface area contributed by atoms with Crippen molar-refractivity contribution in [2.45, 2.75) is 23.5 Å². The molecule has 0 fully saturated rings. The maximum atomic E-state index is 13.7. The van der Waals surface area contributed by atoms with Crippen LogP contribution in [0.3, 0.4) is 0 Å². The zero-order chi connectivity index (χ0) is 16.9. The average Bonchev–Trinajstić information content (AvgIpc) is 2.55. The smallest absolute Gasteiger partial charge is 0.238 e. The van der Waals surface area contributed by atoms with Gasteiger partial charge in [-0.1, -0.05) is 42.5 Å². The number of rotatable bonds is 6. The first-order valence-electron chi connectivity index (χ1n) is 7.23. The Hall–Kier alpha value is -2.21. The quantitative estimate of drug-likeness (QED) is 0.881. The summed E-state index contributed by atoms with van der Waals surface area (Å²) in [4.78, 5) is 11.6. The number of carbonyl (C=O) groups excluding carboxylic acids is 1. The van der Waals surface area contributed by atoms with E-state index in [9.17, 15) is 17.6 Å². The number of nitrogens with one attached hydrogen (secondary N) is 1. The van der Waals surface area contributed by atoms with Gasteiger partial charge in [-0.15, -0.1) is 0 Å². The lowest BCUT2D eigenvalue weighted by molar-refractivity contribution is -0.120. The molecule has 122 valence electrons. The summed E-state index contributed by atoms with van der Waals surface area (Å²) in [6.07, 6.45) is 0.596. The summed E-state index contributed by atoms with van der Waals surface area (Å²) in [5.74, 6) is -1.49. The molecule has 0 saturated carbocycles. The van der Waals surface area contributed by atoms with E-state index in [4.69, 9.17) is 0 Å². The predicted octanol–water partition coefficient (Wildman–Crippen LogP) is 2.35. The average molecular weight is 335 g/mol. The normalized spacial score (nSPS) is 12.6. The summed E-state index contributed by atoms with van der Waals surface area (Å²) in [6, 6.07) is 14.6. The Labute approximate surface area is 135 Å². The molecule has 2 rings (SSSR count). The van der Waals surface area contributed by atoms with Gasteiger partial charge >= 0.3 is 0 Å². The van der Waals surface area contributed by atoms with Crippen molar-refractivity contribution in [3.8, 4) is 0 Å². The van der Waals surface area contributed by atoms with Crippen molar-refractivity contribution in [2.75, 3.05) is 6.54 Å². The van der Waals surface area contributed by atoms with Crippen molar-refractivity contribution in [1.82, 2.24) is 5.32 Å². The molecule has 0 aliphatic heterocycles. The fraction of sp³-hybridized carbons (Fsp3) is 0.235. The van der Waals surface area contributed by atoms with Gasteiger partial charge in [0.25, 0.3) is 0 Å². The van der Waals surface area contributed by atoms with Gasteiger partial charge in [0.15, 0.2) is 9.84 Å². The van der Waals surface area contributed by atoms with Crippen molar-refractivity contribution < 1.29 is 17.6 Å². The molecule has 0 saturated heterocycles. The van der Waals surface area contributed by atoms with E-state index in [0.717, 1.165) is 11.6 Å². The maximum absolute atomic E-state index is 13.7. The van der Waals surface area contributed by atoms with Crippen LogP contribution >= 0.6 is 0 Å². The summed E-state index contributed by atoms with van der Waals surface area (Å²) in [6.45, 7) is 1.58. The summed E-state index contributed by atoms with van der Waals surface area (Å²) in [5.41, 5.74) is 1.04. The van der Waals surface area contributed by atoms with E-state index in [2.05, 4.69) is 5.32 Å². The molecule has 2 aromatic rings. The van der Waals surface area contributed by atoms with Crippen LogP contribution < -0.4 is 5.32 Å². The lowest BCUT2D eigenvalue weighted by Gasteiger charge is -2.14. The van der Waals surface area contributed by atoms with Gasteiger partial charge in [0.1, 0.15) is 16.0 Å². The van der Waals surface area contributed by atoms with E-state index >= 15 is 0 Å². The number of amides is 1. The number of halogens is 1.